The zero-order valence-corrected chi connectivity index (χ0v) is 19.6. The SMILES string of the molecule is Nc1c(F)c(N2CCC(Cc3ccccn3)C2)c2c3c1c(=O)c(C(=O)O)cn3C1(CCCC1)CC2. The zero-order valence-electron chi connectivity index (χ0n) is 19.6. The number of pyridine rings is 2. The molecule has 1 unspecified atom stereocenters. The van der Waals surface area contributed by atoms with Gasteiger partial charge in [0.25, 0.3) is 0 Å². The predicted octanol–water partition coefficient (Wildman–Crippen LogP) is 4.10. The molecule has 6 rings (SSSR count). The normalized spacial score (nSPS) is 20.7. The van der Waals surface area contributed by atoms with Crippen molar-refractivity contribution in [2.75, 3.05) is 23.7 Å². The number of hydrogen-bond donors (Lipinski definition) is 2. The molecule has 2 aromatic heterocycles. The number of carbonyl (C=O) groups is 1. The number of carboxylic acids is 1. The Bertz CT molecular complexity index is 1400. The fourth-order valence-electron chi connectivity index (χ4n) is 6.76. The van der Waals surface area contributed by atoms with Crippen LogP contribution < -0.4 is 16.1 Å². The van der Waals surface area contributed by atoms with Crippen LogP contribution in [0.25, 0.3) is 10.9 Å². The summed E-state index contributed by atoms with van der Waals surface area (Å²) in [6, 6.07) is 5.89. The molecule has 1 atom stereocenters. The third-order valence-electron chi connectivity index (χ3n) is 8.44. The highest BCUT2D eigenvalue weighted by Crippen LogP contribution is 2.49. The standard InChI is InChI=1S/C27H29FN4O3/c28-21-22(29)20-23-18(24(21)31-12-7-16(14-31)13-17-5-1-4-11-30-17)6-10-27(8-2-3-9-27)32(23)15-19(25(20)33)26(34)35/h1,4-5,11,15-16H,2-3,6-10,12-14,29H2,(H,34,35). The highest BCUT2D eigenvalue weighted by molar-refractivity contribution is 6.02. The Balaban J connectivity index is 1.51. The molecule has 1 aliphatic carbocycles. The number of anilines is 2. The van der Waals surface area contributed by atoms with E-state index in [4.69, 9.17) is 5.73 Å². The van der Waals surface area contributed by atoms with Gasteiger partial charge in [-0.1, -0.05) is 18.9 Å². The summed E-state index contributed by atoms with van der Waals surface area (Å²) in [6.45, 7) is 1.39. The van der Waals surface area contributed by atoms with E-state index in [1.165, 1.54) is 6.20 Å². The van der Waals surface area contributed by atoms with Crippen LogP contribution in [-0.2, 0) is 18.4 Å². The highest BCUT2D eigenvalue weighted by atomic mass is 19.1. The summed E-state index contributed by atoms with van der Waals surface area (Å²) in [6.07, 6.45) is 10.4. The summed E-state index contributed by atoms with van der Waals surface area (Å²) < 4.78 is 17.9. The summed E-state index contributed by atoms with van der Waals surface area (Å²) in [5, 5.41) is 9.76. The molecule has 0 radical (unpaired) electrons. The van der Waals surface area contributed by atoms with Gasteiger partial charge in [-0.05, 0) is 56.6 Å². The molecule has 1 aromatic carbocycles. The van der Waals surface area contributed by atoms with Gasteiger partial charge in [-0.25, -0.2) is 9.18 Å². The van der Waals surface area contributed by atoms with E-state index in [0.29, 0.717) is 36.6 Å². The van der Waals surface area contributed by atoms with Crippen molar-refractivity contribution in [1.29, 1.82) is 0 Å². The van der Waals surface area contributed by atoms with Crippen molar-refractivity contribution >= 4 is 28.2 Å². The number of aryl methyl sites for hydroxylation is 1. The van der Waals surface area contributed by atoms with Gasteiger partial charge in [-0.15, -0.1) is 0 Å². The van der Waals surface area contributed by atoms with Gasteiger partial charge >= 0.3 is 5.97 Å². The average molecular weight is 477 g/mol. The summed E-state index contributed by atoms with van der Waals surface area (Å²) in [7, 11) is 0. The molecule has 3 aromatic rings. The van der Waals surface area contributed by atoms with E-state index < -0.39 is 17.2 Å². The minimum atomic E-state index is -1.30. The van der Waals surface area contributed by atoms with Crippen LogP contribution in [0.5, 0.6) is 0 Å². The van der Waals surface area contributed by atoms with Crippen LogP contribution in [0.15, 0.2) is 35.4 Å². The number of nitrogen functional groups attached to an aromatic ring is 1. The van der Waals surface area contributed by atoms with Crippen molar-refractivity contribution in [3.05, 3.63) is 63.5 Å². The Hall–Kier alpha value is -3.42. The fourth-order valence-corrected chi connectivity index (χ4v) is 6.76. The van der Waals surface area contributed by atoms with Crippen molar-refractivity contribution in [3.63, 3.8) is 0 Å². The van der Waals surface area contributed by atoms with Crippen LogP contribution in [0.2, 0.25) is 0 Å². The molecule has 2 aliphatic heterocycles. The number of hydrogen-bond acceptors (Lipinski definition) is 5. The van der Waals surface area contributed by atoms with E-state index in [-0.39, 0.29) is 22.2 Å². The Morgan fingerprint density at radius 2 is 2.06 bits per heavy atom. The van der Waals surface area contributed by atoms with Gasteiger partial charge in [0.2, 0.25) is 5.43 Å². The minimum absolute atomic E-state index is 0.0244. The minimum Gasteiger partial charge on any atom is -0.477 e. The molecule has 4 heterocycles. The van der Waals surface area contributed by atoms with Crippen LogP contribution in [0.4, 0.5) is 15.8 Å². The quantitative estimate of drug-likeness (QED) is 0.550. The second-order valence-electron chi connectivity index (χ2n) is 10.4. The first kappa shape index (κ1) is 22.1. The molecule has 1 saturated heterocycles. The largest absolute Gasteiger partial charge is 0.477 e. The van der Waals surface area contributed by atoms with Crippen molar-refractivity contribution in [1.82, 2.24) is 9.55 Å². The first-order valence-corrected chi connectivity index (χ1v) is 12.5. The lowest BCUT2D eigenvalue weighted by molar-refractivity contribution is 0.0694. The molecule has 1 saturated carbocycles. The molecule has 2 fully saturated rings. The second kappa shape index (κ2) is 8.07. The van der Waals surface area contributed by atoms with E-state index in [1.54, 1.807) is 6.20 Å². The smallest absolute Gasteiger partial charge is 0.341 e. The molecular weight excluding hydrogens is 447 g/mol. The van der Waals surface area contributed by atoms with Crippen LogP contribution in [0, 0.1) is 11.7 Å². The van der Waals surface area contributed by atoms with Crippen molar-refractivity contribution in [3.8, 4) is 0 Å². The van der Waals surface area contributed by atoms with E-state index >= 15 is 4.39 Å². The molecule has 3 aliphatic rings. The number of carboxylic acid groups (broad SMARTS) is 1. The molecule has 7 nitrogen and oxygen atoms in total. The van der Waals surface area contributed by atoms with Gasteiger partial charge in [0, 0.05) is 42.3 Å². The molecule has 0 amide bonds. The van der Waals surface area contributed by atoms with E-state index in [1.807, 2.05) is 22.8 Å². The van der Waals surface area contributed by atoms with Crippen LogP contribution in [-0.4, -0.2) is 33.7 Å². The Kier molecular flexibility index (Phi) is 5.09. The van der Waals surface area contributed by atoms with Gasteiger partial charge in [0.1, 0.15) is 5.56 Å². The lowest BCUT2D eigenvalue weighted by atomic mass is 9.82. The molecular formula is C27H29FN4O3. The third-order valence-corrected chi connectivity index (χ3v) is 8.44. The van der Waals surface area contributed by atoms with Gasteiger partial charge in [-0.2, -0.15) is 0 Å². The molecule has 3 N–H and O–H groups in total. The van der Waals surface area contributed by atoms with E-state index in [9.17, 15) is 14.7 Å². The number of fused-ring (bicyclic) bond motifs is 1. The van der Waals surface area contributed by atoms with Crippen LogP contribution in [0.1, 0.15) is 60.1 Å². The lowest BCUT2D eigenvalue weighted by Crippen LogP contribution is -2.38. The topological polar surface area (TPSA) is 101 Å². The Morgan fingerprint density at radius 3 is 2.77 bits per heavy atom. The summed E-state index contributed by atoms with van der Waals surface area (Å²) in [4.78, 5) is 31.7. The average Bonchev–Trinajstić information content (AvgIpc) is 3.50. The number of nitrogens with two attached hydrogens (primary N) is 1. The number of halogens is 1. The summed E-state index contributed by atoms with van der Waals surface area (Å²) >= 11 is 0. The highest BCUT2D eigenvalue weighted by Gasteiger charge is 2.42. The van der Waals surface area contributed by atoms with Gasteiger partial charge in [0.15, 0.2) is 5.82 Å². The number of rotatable bonds is 4. The van der Waals surface area contributed by atoms with E-state index in [0.717, 1.165) is 56.2 Å². The maximum atomic E-state index is 15.9. The fraction of sp³-hybridized carbons (Fsp3) is 0.444. The third kappa shape index (κ3) is 3.33. The molecule has 35 heavy (non-hydrogen) atoms. The number of benzene rings is 1. The summed E-state index contributed by atoms with van der Waals surface area (Å²) in [5.41, 5.74) is 7.73. The van der Waals surface area contributed by atoms with Crippen molar-refractivity contribution in [2.24, 2.45) is 5.92 Å². The monoisotopic (exact) mass is 476 g/mol. The van der Waals surface area contributed by atoms with Crippen molar-refractivity contribution < 1.29 is 14.3 Å². The molecule has 0 bridgehead atoms. The Labute approximate surface area is 202 Å². The van der Waals surface area contributed by atoms with Crippen LogP contribution >= 0.6 is 0 Å². The maximum absolute atomic E-state index is 15.9. The zero-order chi connectivity index (χ0) is 24.3. The molecule has 1 spiro atoms. The number of aromatic nitrogens is 2. The van der Waals surface area contributed by atoms with Crippen LogP contribution in [0.3, 0.4) is 0 Å². The number of aromatic carboxylic acids is 1. The molecule has 182 valence electrons. The first-order valence-electron chi connectivity index (χ1n) is 12.5. The Morgan fingerprint density at radius 1 is 1.26 bits per heavy atom. The van der Waals surface area contributed by atoms with E-state index in [2.05, 4.69) is 9.88 Å². The van der Waals surface area contributed by atoms with Gasteiger partial charge in [0.05, 0.1) is 22.3 Å². The molecule has 8 heteroatoms. The first-order chi connectivity index (χ1) is 16.9. The number of nitrogens with zero attached hydrogens (tertiary/aromatic N) is 3. The predicted molar refractivity (Wildman–Crippen MR) is 133 cm³/mol. The van der Waals surface area contributed by atoms with Crippen molar-refractivity contribution in [2.45, 2.75) is 56.9 Å². The summed E-state index contributed by atoms with van der Waals surface area (Å²) in [5.74, 6) is -1.56. The second-order valence-corrected chi connectivity index (χ2v) is 10.4. The maximum Gasteiger partial charge on any atom is 0.341 e. The van der Waals surface area contributed by atoms with Gasteiger partial charge in [-0.3, -0.25) is 9.78 Å². The lowest BCUT2D eigenvalue weighted by Gasteiger charge is -2.40. The van der Waals surface area contributed by atoms with Gasteiger partial charge < -0.3 is 20.3 Å².